The van der Waals surface area contributed by atoms with Crippen molar-refractivity contribution in [1.82, 2.24) is 10.2 Å². The number of nitrogens with zero attached hydrogens (tertiary/aromatic N) is 1. The molecule has 0 aliphatic carbocycles. The number of amides is 2. The highest BCUT2D eigenvalue weighted by Gasteiger charge is 2.29. The van der Waals surface area contributed by atoms with Crippen LogP contribution in [0.4, 0.5) is 4.79 Å². The minimum Gasteiger partial charge on any atom is -0.497 e. The van der Waals surface area contributed by atoms with E-state index in [1.54, 1.807) is 19.1 Å². The molecule has 1 saturated heterocycles. The highest BCUT2D eigenvalue weighted by molar-refractivity contribution is 5.82. The van der Waals surface area contributed by atoms with Crippen LogP contribution in [0.2, 0.25) is 0 Å². The largest absolute Gasteiger partial charge is 0.497 e. The normalized spacial score (nSPS) is 16.8. The second-order valence-corrected chi connectivity index (χ2v) is 5.28. The molecule has 0 bridgehead atoms. The van der Waals surface area contributed by atoms with Gasteiger partial charge in [-0.3, -0.25) is 4.79 Å². The number of methoxy groups -OCH3 is 3. The van der Waals surface area contributed by atoms with Crippen LogP contribution in [-0.4, -0.2) is 57.9 Å². The molecule has 0 saturated carbocycles. The number of ether oxygens (including phenoxy) is 3. The first kappa shape index (κ1) is 16.9. The quantitative estimate of drug-likeness (QED) is 0.886. The van der Waals surface area contributed by atoms with Crippen molar-refractivity contribution in [1.29, 1.82) is 0 Å². The van der Waals surface area contributed by atoms with Gasteiger partial charge in [-0.25, -0.2) is 4.79 Å². The number of benzene rings is 1. The number of nitrogens with one attached hydrogen (secondary N) is 1. The summed E-state index contributed by atoms with van der Waals surface area (Å²) < 4.78 is 15.1. The number of hydrogen-bond donors (Lipinski definition) is 1. The predicted molar refractivity (Wildman–Crippen MR) is 83.9 cm³/mol. The maximum Gasteiger partial charge on any atom is 0.407 e. The summed E-state index contributed by atoms with van der Waals surface area (Å²) in [7, 11) is 4.51. The molecule has 1 fully saturated rings. The van der Waals surface area contributed by atoms with E-state index in [1.165, 1.54) is 7.11 Å². The summed E-state index contributed by atoms with van der Waals surface area (Å²) in [6.45, 7) is 1.17. The van der Waals surface area contributed by atoms with Gasteiger partial charge in [-0.1, -0.05) is 0 Å². The molecule has 1 aromatic rings. The molecular formula is C16H22N2O5. The van der Waals surface area contributed by atoms with Crippen molar-refractivity contribution in [3.8, 4) is 11.5 Å². The Labute approximate surface area is 135 Å². The molecule has 1 unspecified atom stereocenters. The lowest BCUT2D eigenvalue weighted by atomic mass is 9.97. The van der Waals surface area contributed by atoms with Crippen molar-refractivity contribution >= 4 is 12.0 Å². The summed E-state index contributed by atoms with van der Waals surface area (Å²) in [5.41, 5.74) is 1.03. The van der Waals surface area contributed by atoms with Crippen LogP contribution >= 0.6 is 0 Å². The second-order valence-electron chi connectivity index (χ2n) is 5.28. The fourth-order valence-electron chi connectivity index (χ4n) is 2.73. The summed E-state index contributed by atoms with van der Waals surface area (Å²) in [6.07, 6.45) is 0.233. The van der Waals surface area contributed by atoms with Gasteiger partial charge in [0.05, 0.1) is 21.3 Å². The molecule has 126 valence electrons. The molecule has 2 rings (SSSR count). The van der Waals surface area contributed by atoms with Crippen LogP contribution in [-0.2, 0) is 9.53 Å². The van der Waals surface area contributed by atoms with Crippen molar-refractivity contribution < 1.29 is 23.8 Å². The number of carbonyl (C=O) groups excluding carboxylic acids is 2. The Bertz CT molecular complexity index is 576. The van der Waals surface area contributed by atoms with E-state index < -0.39 is 6.09 Å². The molecule has 1 aromatic carbocycles. The van der Waals surface area contributed by atoms with Crippen LogP contribution in [0.15, 0.2) is 18.2 Å². The summed E-state index contributed by atoms with van der Waals surface area (Å²) in [5.74, 6) is 1.61. The van der Waals surface area contributed by atoms with Crippen molar-refractivity contribution in [2.45, 2.75) is 12.3 Å². The van der Waals surface area contributed by atoms with Crippen molar-refractivity contribution in [2.24, 2.45) is 0 Å². The third-order valence-electron chi connectivity index (χ3n) is 3.99. The van der Waals surface area contributed by atoms with E-state index in [0.717, 1.165) is 23.5 Å². The predicted octanol–water partition coefficient (Wildman–Crippen LogP) is 1.38. The lowest BCUT2D eigenvalue weighted by Crippen LogP contribution is -2.38. The van der Waals surface area contributed by atoms with Gasteiger partial charge in [-0.05, 0) is 24.6 Å². The lowest BCUT2D eigenvalue weighted by molar-refractivity contribution is -0.129. The Morgan fingerprint density at radius 2 is 2.04 bits per heavy atom. The fourth-order valence-corrected chi connectivity index (χ4v) is 2.73. The zero-order valence-electron chi connectivity index (χ0n) is 13.6. The first-order valence-corrected chi connectivity index (χ1v) is 7.40. The van der Waals surface area contributed by atoms with Crippen LogP contribution in [0, 0.1) is 0 Å². The lowest BCUT2D eigenvalue weighted by Gasteiger charge is -2.18. The Hall–Kier alpha value is -2.44. The van der Waals surface area contributed by atoms with Crippen molar-refractivity contribution in [2.75, 3.05) is 41.0 Å². The second kappa shape index (κ2) is 7.71. The fraction of sp³-hybridized carbons (Fsp3) is 0.500. The molecule has 23 heavy (non-hydrogen) atoms. The maximum atomic E-state index is 12.1. The summed E-state index contributed by atoms with van der Waals surface area (Å²) in [5, 5.41) is 2.41. The molecule has 2 amide bonds. The Morgan fingerprint density at radius 3 is 2.70 bits per heavy atom. The standard InChI is InChI=1S/C16H22N2O5/c1-21-12-4-5-14(22-2)13(8-12)11-6-7-18(10-11)15(19)9-17-16(20)23-3/h4-5,8,11H,6-7,9-10H2,1-3H3,(H,17,20). The SMILES string of the molecule is COC(=O)NCC(=O)N1CCC(c2cc(OC)ccc2OC)C1. The van der Waals surface area contributed by atoms with E-state index in [2.05, 4.69) is 10.1 Å². The van der Waals surface area contributed by atoms with Gasteiger partial charge < -0.3 is 24.4 Å². The van der Waals surface area contributed by atoms with Gasteiger partial charge in [0.2, 0.25) is 5.91 Å². The van der Waals surface area contributed by atoms with Gasteiger partial charge in [-0.15, -0.1) is 0 Å². The maximum absolute atomic E-state index is 12.1. The minimum atomic E-state index is -0.608. The highest BCUT2D eigenvalue weighted by Crippen LogP contribution is 2.35. The van der Waals surface area contributed by atoms with Crippen molar-refractivity contribution in [3.63, 3.8) is 0 Å². The molecule has 0 aromatic heterocycles. The number of alkyl carbamates (subject to hydrolysis) is 1. The van der Waals surface area contributed by atoms with E-state index in [1.807, 2.05) is 18.2 Å². The molecule has 1 heterocycles. The summed E-state index contributed by atoms with van der Waals surface area (Å²) >= 11 is 0. The summed E-state index contributed by atoms with van der Waals surface area (Å²) in [6, 6.07) is 5.67. The Kier molecular flexibility index (Phi) is 5.67. The average Bonchev–Trinajstić information content (AvgIpc) is 3.08. The molecule has 0 radical (unpaired) electrons. The minimum absolute atomic E-state index is 0.0609. The molecule has 7 heteroatoms. The van der Waals surface area contributed by atoms with E-state index in [9.17, 15) is 9.59 Å². The molecule has 1 N–H and O–H groups in total. The van der Waals surface area contributed by atoms with Crippen LogP contribution in [0.5, 0.6) is 11.5 Å². The molecule has 7 nitrogen and oxygen atoms in total. The third-order valence-corrected chi connectivity index (χ3v) is 3.99. The third kappa shape index (κ3) is 4.06. The van der Waals surface area contributed by atoms with Crippen LogP contribution in [0.3, 0.4) is 0 Å². The van der Waals surface area contributed by atoms with Crippen LogP contribution in [0.1, 0.15) is 17.9 Å². The summed E-state index contributed by atoms with van der Waals surface area (Å²) in [4.78, 5) is 24.9. The van der Waals surface area contributed by atoms with Crippen LogP contribution in [0.25, 0.3) is 0 Å². The monoisotopic (exact) mass is 322 g/mol. The first-order chi connectivity index (χ1) is 11.1. The zero-order valence-corrected chi connectivity index (χ0v) is 13.6. The Balaban J connectivity index is 2.02. The highest BCUT2D eigenvalue weighted by atomic mass is 16.5. The van der Waals surface area contributed by atoms with E-state index >= 15 is 0 Å². The van der Waals surface area contributed by atoms with Gasteiger partial charge in [-0.2, -0.15) is 0 Å². The first-order valence-electron chi connectivity index (χ1n) is 7.40. The number of rotatable bonds is 5. The molecule has 1 atom stereocenters. The average molecular weight is 322 g/mol. The van der Waals surface area contributed by atoms with Gasteiger partial charge >= 0.3 is 6.09 Å². The molecule has 0 spiro atoms. The molecule has 1 aliphatic rings. The van der Waals surface area contributed by atoms with Gasteiger partial charge in [0.15, 0.2) is 0 Å². The van der Waals surface area contributed by atoms with Gasteiger partial charge in [0, 0.05) is 24.6 Å². The van der Waals surface area contributed by atoms with E-state index in [0.29, 0.717) is 13.1 Å². The van der Waals surface area contributed by atoms with Crippen LogP contribution < -0.4 is 14.8 Å². The number of carbonyl (C=O) groups is 2. The van der Waals surface area contributed by atoms with Gasteiger partial charge in [0.1, 0.15) is 18.0 Å². The Morgan fingerprint density at radius 1 is 1.26 bits per heavy atom. The molecule has 1 aliphatic heterocycles. The topological polar surface area (TPSA) is 77.1 Å². The smallest absolute Gasteiger partial charge is 0.407 e. The molecular weight excluding hydrogens is 300 g/mol. The van der Waals surface area contributed by atoms with Gasteiger partial charge in [0.25, 0.3) is 0 Å². The van der Waals surface area contributed by atoms with E-state index in [4.69, 9.17) is 9.47 Å². The number of hydrogen-bond acceptors (Lipinski definition) is 5. The zero-order chi connectivity index (χ0) is 16.8. The van der Waals surface area contributed by atoms with E-state index in [-0.39, 0.29) is 18.4 Å². The number of likely N-dealkylation sites (tertiary alicyclic amines) is 1. The van der Waals surface area contributed by atoms with Crippen molar-refractivity contribution in [3.05, 3.63) is 23.8 Å².